The van der Waals surface area contributed by atoms with Gasteiger partial charge in [0.1, 0.15) is 16.3 Å². The van der Waals surface area contributed by atoms with Gasteiger partial charge in [0, 0.05) is 29.2 Å². The summed E-state index contributed by atoms with van der Waals surface area (Å²) in [4.78, 5) is 25.5. The molecule has 4 aromatic rings. The van der Waals surface area contributed by atoms with Crippen molar-refractivity contribution in [1.29, 1.82) is 0 Å². The van der Waals surface area contributed by atoms with Crippen molar-refractivity contribution < 1.29 is 14.0 Å². The predicted molar refractivity (Wildman–Crippen MR) is 108 cm³/mol. The van der Waals surface area contributed by atoms with E-state index >= 15 is 0 Å². The number of benzene rings is 2. The Morgan fingerprint density at radius 2 is 1.89 bits per heavy atom. The zero-order valence-corrected chi connectivity index (χ0v) is 16.0. The van der Waals surface area contributed by atoms with E-state index in [2.05, 4.69) is 10.4 Å². The number of amides is 1. The smallest absolute Gasteiger partial charge is 0.265 e. The summed E-state index contributed by atoms with van der Waals surface area (Å²) in [6, 6.07) is 14.9. The molecule has 4 rings (SSSR count). The molecule has 5 nitrogen and oxygen atoms in total. The number of halogens is 1. The number of rotatable bonds is 4. The number of aryl methyl sites for hydroxylation is 1. The first-order chi connectivity index (χ1) is 13.4. The number of thiophene rings is 1. The van der Waals surface area contributed by atoms with Crippen LogP contribution in [0.4, 0.5) is 10.1 Å². The molecule has 0 bridgehead atoms. The first-order valence-electron chi connectivity index (χ1n) is 8.58. The molecule has 28 heavy (non-hydrogen) atoms. The highest BCUT2D eigenvalue weighted by Gasteiger charge is 2.19. The fraction of sp³-hybridized carbons (Fsp3) is 0.0952. The molecule has 0 radical (unpaired) electrons. The van der Waals surface area contributed by atoms with Gasteiger partial charge in [0.15, 0.2) is 5.78 Å². The van der Waals surface area contributed by atoms with Gasteiger partial charge in [0.2, 0.25) is 0 Å². The van der Waals surface area contributed by atoms with Gasteiger partial charge in [0.25, 0.3) is 5.91 Å². The number of hydrogen-bond donors (Lipinski definition) is 1. The third-order valence-electron chi connectivity index (χ3n) is 4.39. The Balaban J connectivity index is 1.70. The zero-order chi connectivity index (χ0) is 19.8. The third kappa shape index (κ3) is 3.20. The van der Waals surface area contributed by atoms with E-state index in [0.717, 1.165) is 10.2 Å². The average Bonchev–Trinajstić information content (AvgIpc) is 3.23. The average molecular weight is 393 g/mol. The summed E-state index contributed by atoms with van der Waals surface area (Å²) in [5.41, 5.74) is 1.97. The van der Waals surface area contributed by atoms with E-state index in [1.807, 2.05) is 0 Å². The van der Waals surface area contributed by atoms with Crippen LogP contribution < -0.4 is 5.32 Å². The molecule has 0 aliphatic rings. The molecule has 1 amide bonds. The standard InChI is InChI=1S/C21H16FN3O2S/c1-12(26)13-6-5-7-14(10-13)23-20(27)18-11-16-19(24-25(2)21(16)28-18)15-8-3-4-9-17(15)22/h3-11H,1-2H3,(H,23,27). The summed E-state index contributed by atoms with van der Waals surface area (Å²) in [5, 5.41) is 7.95. The molecule has 0 atom stereocenters. The summed E-state index contributed by atoms with van der Waals surface area (Å²) in [7, 11) is 1.77. The van der Waals surface area contributed by atoms with Crippen LogP contribution in [0.2, 0.25) is 0 Å². The number of fused-ring (bicyclic) bond motifs is 1. The van der Waals surface area contributed by atoms with Gasteiger partial charge in [-0.3, -0.25) is 14.3 Å². The van der Waals surface area contributed by atoms with Gasteiger partial charge < -0.3 is 5.32 Å². The summed E-state index contributed by atoms with van der Waals surface area (Å²) in [6.07, 6.45) is 0. The summed E-state index contributed by atoms with van der Waals surface area (Å²) in [5.74, 6) is -0.722. The first-order valence-corrected chi connectivity index (χ1v) is 9.39. The molecule has 0 saturated heterocycles. The molecule has 0 fully saturated rings. The second-order valence-corrected chi connectivity index (χ2v) is 7.40. The number of ketones is 1. The molecular weight excluding hydrogens is 377 g/mol. The molecule has 0 aliphatic heterocycles. The lowest BCUT2D eigenvalue weighted by molar-refractivity contribution is 0.101. The van der Waals surface area contributed by atoms with Gasteiger partial charge >= 0.3 is 0 Å². The maximum Gasteiger partial charge on any atom is 0.265 e. The molecule has 1 N–H and O–H groups in total. The second-order valence-electron chi connectivity index (χ2n) is 6.37. The maximum absolute atomic E-state index is 14.2. The van der Waals surface area contributed by atoms with Crippen molar-refractivity contribution in [3.8, 4) is 11.3 Å². The maximum atomic E-state index is 14.2. The largest absolute Gasteiger partial charge is 0.321 e. The van der Waals surface area contributed by atoms with Crippen LogP contribution in [-0.4, -0.2) is 21.5 Å². The van der Waals surface area contributed by atoms with Crippen LogP contribution >= 0.6 is 11.3 Å². The quantitative estimate of drug-likeness (QED) is 0.502. The van der Waals surface area contributed by atoms with Crippen molar-refractivity contribution in [2.24, 2.45) is 7.05 Å². The van der Waals surface area contributed by atoms with E-state index in [1.54, 1.807) is 60.3 Å². The number of anilines is 1. The van der Waals surface area contributed by atoms with E-state index in [9.17, 15) is 14.0 Å². The molecule has 140 valence electrons. The molecule has 2 aromatic heterocycles. The van der Waals surface area contributed by atoms with E-state index in [-0.39, 0.29) is 17.5 Å². The van der Waals surface area contributed by atoms with Gasteiger partial charge in [-0.15, -0.1) is 11.3 Å². The predicted octanol–water partition coefficient (Wildman–Crippen LogP) is 4.90. The molecule has 0 unspecified atom stereocenters. The van der Waals surface area contributed by atoms with Crippen molar-refractivity contribution in [2.75, 3.05) is 5.32 Å². The Hall–Kier alpha value is -3.32. The molecule has 0 spiro atoms. The number of carbonyl (C=O) groups excluding carboxylic acids is 2. The lowest BCUT2D eigenvalue weighted by Crippen LogP contribution is -2.10. The minimum atomic E-state index is -0.360. The van der Waals surface area contributed by atoms with Crippen molar-refractivity contribution in [1.82, 2.24) is 9.78 Å². The van der Waals surface area contributed by atoms with Crippen LogP contribution in [0.3, 0.4) is 0 Å². The summed E-state index contributed by atoms with van der Waals surface area (Å²) in [6.45, 7) is 1.48. The monoisotopic (exact) mass is 393 g/mol. The topological polar surface area (TPSA) is 64.0 Å². The number of hydrogen-bond acceptors (Lipinski definition) is 4. The Morgan fingerprint density at radius 1 is 1.11 bits per heavy atom. The van der Waals surface area contributed by atoms with Crippen molar-refractivity contribution in [3.63, 3.8) is 0 Å². The zero-order valence-electron chi connectivity index (χ0n) is 15.2. The van der Waals surface area contributed by atoms with Crippen molar-refractivity contribution in [3.05, 3.63) is 70.9 Å². The highest BCUT2D eigenvalue weighted by molar-refractivity contribution is 7.20. The highest BCUT2D eigenvalue weighted by atomic mass is 32.1. The first kappa shape index (κ1) is 18.1. The number of nitrogens with zero attached hydrogens (tertiary/aromatic N) is 2. The van der Waals surface area contributed by atoms with E-state index in [4.69, 9.17) is 0 Å². The SMILES string of the molecule is CC(=O)c1cccc(NC(=O)c2cc3c(-c4ccccc4F)nn(C)c3s2)c1. The lowest BCUT2D eigenvalue weighted by atomic mass is 10.1. The van der Waals surface area contributed by atoms with Crippen LogP contribution in [0.1, 0.15) is 27.0 Å². The van der Waals surface area contributed by atoms with Crippen LogP contribution in [0.15, 0.2) is 54.6 Å². The van der Waals surface area contributed by atoms with E-state index in [1.165, 1.54) is 24.3 Å². The number of Topliss-reactive ketones (excluding diaryl/α,β-unsaturated/α-hetero) is 1. The molecule has 0 aliphatic carbocycles. The molecule has 0 saturated carbocycles. The van der Waals surface area contributed by atoms with Crippen LogP contribution in [0, 0.1) is 5.82 Å². The highest BCUT2D eigenvalue weighted by Crippen LogP contribution is 2.35. The number of carbonyl (C=O) groups is 2. The van der Waals surface area contributed by atoms with Gasteiger partial charge in [-0.25, -0.2) is 4.39 Å². The molecule has 2 heterocycles. The molecule has 7 heteroatoms. The fourth-order valence-corrected chi connectivity index (χ4v) is 3.98. The Labute approximate surface area is 164 Å². The number of nitrogens with one attached hydrogen (secondary N) is 1. The molecular formula is C21H16FN3O2S. The van der Waals surface area contributed by atoms with E-state index in [0.29, 0.717) is 27.4 Å². The third-order valence-corrected chi connectivity index (χ3v) is 5.59. The van der Waals surface area contributed by atoms with Crippen LogP contribution in [0.5, 0.6) is 0 Å². The van der Waals surface area contributed by atoms with Crippen molar-refractivity contribution >= 4 is 38.9 Å². The van der Waals surface area contributed by atoms with Crippen LogP contribution in [0.25, 0.3) is 21.5 Å². The Bertz CT molecular complexity index is 1230. The molecule has 2 aromatic carbocycles. The van der Waals surface area contributed by atoms with Gasteiger partial charge in [-0.05, 0) is 37.3 Å². The Kier molecular flexibility index (Phi) is 4.52. The second kappa shape index (κ2) is 7.01. The Morgan fingerprint density at radius 3 is 2.64 bits per heavy atom. The lowest BCUT2D eigenvalue weighted by Gasteiger charge is -2.05. The van der Waals surface area contributed by atoms with Crippen LogP contribution in [-0.2, 0) is 7.05 Å². The van der Waals surface area contributed by atoms with E-state index < -0.39 is 0 Å². The normalized spacial score (nSPS) is 11.0. The fourth-order valence-electron chi connectivity index (χ4n) is 3.01. The minimum absolute atomic E-state index is 0.0708. The minimum Gasteiger partial charge on any atom is -0.321 e. The van der Waals surface area contributed by atoms with Crippen molar-refractivity contribution in [2.45, 2.75) is 6.92 Å². The summed E-state index contributed by atoms with van der Waals surface area (Å²) < 4.78 is 15.9. The van der Waals surface area contributed by atoms with Gasteiger partial charge in [-0.2, -0.15) is 5.10 Å². The summed E-state index contributed by atoms with van der Waals surface area (Å²) >= 11 is 1.28. The van der Waals surface area contributed by atoms with Gasteiger partial charge in [-0.1, -0.05) is 24.3 Å². The number of aromatic nitrogens is 2. The van der Waals surface area contributed by atoms with Gasteiger partial charge in [0.05, 0.1) is 4.88 Å².